The molecule has 8 heteroatoms. The zero-order chi connectivity index (χ0) is 21.0. The summed E-state index contributed by atoms with van der Waals surface area (Å²) in [4.78, 5) is 17.0. The number of hydrogen-bond donors (Lipinski definition) is 1. The summed E-state index contributed by atoms with van der Waals surface area (Å²) in [6, 6.07) is 14.3. The van der Waals surface area contributed by atoms with Gasteiger partial charge in [0.2, 0.25) is 15.9 Å². The molecule has 0 fully saturated rings. The number of thiazole rings is 1. The Bertz CT molecular complexity index is 1100. The number of hydrogen-bond acceptors (Lipinski definition) is 5. The molecule has 29 heavy (non-hydrogen) atoms. The van der Waals surface area contributed by atoms with Gasteiger partial charge in [-0.2, -0.15) is 0 Å². The van der Waals surface area contributed by atoms with Crippen molar-refractivity contribution >= 4 is 43.6 Å². The van der Waals surface area contributed by atoms with Gasteiger partial charge in [0.15, 0.2) is 0 Å². The third-order valence-electron chi connectivity index (χ3n) is 4.29. The molecule has 1 unspecified atom stereocenters. The fourth-order valence-electron chi connectivity index (χ4n) is 2.74. The van der Waals surface area contributed by atoms with E-state index >= 15 is 0 Å². The van der Waals surface area contributed by atoms with Crippen molar-refractivity contribution in [1.82, 2.24) is 14.6 Å². The summed E-state index contributed by atoms with van der Waals surface area (Å²) in [5.41, 5.74) is 1.72. The molecule has 1 amide bonds. The average molecular weight is 430 g/mol. The number of nitrogens with zero attached hydrogens (tertiary/aromatic N) is 2. The molecule has 0 aliphatic rings. The maximum Gasteiger partial charge on any atom is 0.244 e. The number of fused-ring (bicyclic) bond motifs is 1. The van der Waals surface area contributed by atoms with Gasteiger partial charge in [0.25, 0.3) is 0 Å². The van der Waals surface area contributed by atoms with Crippen LogP contribution >= 0.6 is 11.3 Å². The molecule has 1 aromatic heterocycles. The molecule has 0 radical (unpaired) electrons. The summed E-state index contributed by atoms with van der Waals surface area (Å²) >= 11 is 1.64. The smallest absolute Gasteiger partial charge is 0.244 e. The van der Waals surface area contributed by atoms with Gasteiger partial charge in [-0.15, -0.1) is 11.3 Å². The van der Waals surface area contributed by atoms with E-state index < -0.39 is 10.0 Å². The standard InChI is InChI=1S/C21H23N3O3S2/c1-15(14-21-23-18-6-4-5-7-19(18)28-21)22-20(25)13-10-16-8-11-17(12-9-16)29(26,27)24(2)3/h4-13,15H,14H2,1-3H3,(H,22,25)/b13-10+. The van der Waals surface area contributed by atoms with Crippen LogP contribution in [-0.4, -0.2) is 43.8 Å². The lowest BCUT2D eigenvalue weighted by molar-refractivity contribution is -0.117. The van der Waals surface area contributed by atoms with Crippen molar-refractivity contribution in [3.05, 3.63) is 65.2 Å². The summed E-state index contributed by atoms with van der Waals surface area (Å²) in [6.07, 6.45) is 3.77. The lowest BCUT2D eigenvalue weighted by atomic mass is 10.2. The number of sulfonamides is 1. The fourth-order valence-corrected chi connectivity index (χ4v) is 4.74. The van der Waals surface area contributed by atoms with Crippen LogP contribution in [0.3, 0.4) is 0 Å². The molecule has 1 N–H and O–H groups in total. The van der Waals surface area contributed by atoms with Crippen LogP contribution in [0.1, 0.15) is 17.5 Å². The summed E-state index contributed by atoms with van der Waals surface area (Å²) in [7, 11) is -0.477. The maximum atomic E-state index is 12.2. The second-order valence-corrected chi connectivity index (χ2v) is 10.1. The second kappa shape index (κ2) is 8.86. The van der Waals surface area contributed by atoms with Crippen LogP contribution < -0.4 is 5.32 Å². The van der Waals surface area contributed by atoms with Gasteiger partial charge in [-0.1, -0.05) is 24.3 Å². The molecule has 0 saturated heterocycles. The molecule has 3 aromatic rings. The zero-order valence-corrected chi connectivity index (χ0v) is 18.1. The number of carbonyl (C=O) groups excluding carboxylic acids is 1. The maximum absolute atomic E-state index is 12.2. The topological polar surface area (TPSA) is 79.4 Å². The molecule has 0 aliphatic carbocycles. The van der Waals surface area contributed by atoms with Gasteiger partial charge in [0.05, 0.1) is 20.1 Å². The van der Waals surface area contributed by atoms with Gasteiger partial charge in [0, 0.05) is 32.6 Å². The number of carbonyl (C=O) groups is 1. The number of para-hydroxylation sites is 1. The van der Waals surface area contributed by atoms with E-state index in [-0.39, 0.29) is 16.8 Å². The van der Waals surface area contributed by atoms with Crippen LogP contribution in [0.5, 0.6) is 0 Å². The van der Waals surface area contributed by atoms with Crippen molar-refractivity contribution < 1.29 is 13.2 Å². The fraction of sp³-hybridized carbons (Fsp3) is 0.238. The number of rotatable bonds is 7. The van der Waals surface area contributed by atoms with E-state index in [1.54, 1.807) is 29.5 Å². The average Bonchev–Trinajstić information content (AvgIpc) is 3.08. The van der Waals surface area contributed by atoms with E-state index in [9.17, 15) is 13.2 Å². The molecule has 2 aromatic carbocycles. The van der Waals surface area contributed by atoms with Gasteiger partial charge < -0.3 is 5.32 Å². The monoisotopic (exact) mass is 429 g/mol. The first-order valence-electron chi connectivity index (χ1n) is 9.11. The van der Waals surface area contributed by atoms with Gasteiger partial charge in [-0.05, 0) is 42.8 Å². The highest BCUT2D eigenvalue weighted by atomic mass is 32.2. The van der Waals surface area contributed by atoms with Crippen molar-refractivity contribution in [1.29, 1.82) is 0 Å². The van der Waals surface area contributed by atoms with Gasteiger partial charge in [0.1, 0.15) is 0 Å². The van der Waals surface area contributed by atoms with Gasteiger partial charge in [-0.3, -0.25) is 4.79 Å². The van der Waals surface area contributed by atoms with E-state index in [4.69, 9.17) is 0 Å². The summed E-state index contributed by atoms with van der Waals surface area (Å²) < 4.78 is 26.5. The number of amides is 1. The number of aromatic nitrogens is 1. The lowest BCUT2D eigenvalue weighted by Gasteiger charge is -2.11. The highest BCUT2D eigenvalue weighted by molar-refractivity contribution is 7.89. The summed E-state index contributed by atoms with van der Waals surface area (Å²) in [5, 5.41) is 3.92. The molecule has 1 atom stereocenters. The Labute approximate surface area is 174 Å². The molecule has 152 valence electrons. The van der Waals surface area contributed by atoms with Gasteiger partial charge in [-0.25, -0.2) is 17.7 Å². The molecule has 1 heterocycles. The minimum atomic E-state index is -3.46. The summed E-state index contributed by atoms with van der Waals surface area (Å²) in [5.74, 6) is -0.205. The van der Waals surface area contributed by atoms with Crippen LogP contribution in [0.25, 0.3) is 16.3 Å². The predicted octanol–water partition coefficient (Wildman–Crippen LogP) is 3.31. The number of nitrogens with one attached hydrogen (secondary N) is 1. The largest absolute Gasteiger partial charge is 0.350 e. The Hall–Kier alpha value is -2.55. The molecular weight excluding hydrogens is 406 g/mol. The first-order valence-corrected chi connectivity index (χ1v) is 11.4. The Kier molecular flexibility index (Phi) is 6.46. The molecule has 0 bridgehead atoms. The Morgan fingerprint density at radius 1 is 1.17 bits per heavy atom. The Morgan fingerprint density at radius 2 is 1.86 bits per heavy atom. The third-order valence-corrected chi connectivity index (χ3v) is 7.18. The lowest BCUT2D eigenvalue weighted by Crippen LogP contribution is -2.32. The molecule has 0 aliphatic heterocycles. The molecule has 0 saturated carbocycles. The van der Waals surface area contributed by atoms with Crippen molar-refractivity contribution in [2.24, 2.45) is 0 Å². The van der Waals surface area contributed by atoms with Crippen molar-refractivity contribution in [2.45, 2.75) is 24.3 Å². The first-order chi connectivity index (χ1) is 13.8. The minimum Gasteiger partial charge on any atom is -0.350 e. The third kappa shape index (κ3) is 5.29. The summed E-state index contributed by atoms with van der Waals surface area (Å²) in [6.45, 7) is 1.94. The Morgan fingerprint density at radius 3 is 2.52 bits per heavy atom. The normalized spacial score (nSPS) is 13.2. The van der Waals surface area contributed by atoms with Crippen molar-refractivity contribution in [2.75, 3.05) is 14.1 Å². The van der Waals surface area contributed by atoms with Crippen LogP contribution in [0, 0.1) is 0 Å². The van der Waals surface area contributed by atoms with Crippen LogP contribution in [-0.2, 0) is 21.2 Å². The first kappa shape index (κ1) is 21.2. The van der Waals surface area contributed by atoms with E-state index in [2.05, 4.69) is 10.3 Å². The molecule has 3 rings (SSSR count). The highest BCUT2D eigenvalue weighted by Gasteiger charge is 2.16. The van der Waals surface area contributed by atoms with Gasteiger partial charge >= 0.3 is 0 Å². The van der Waals surface area contributed by atoms with E-state index in [1.165, 1.54) is 32.3 Å². The van der Waals surface area contributed by atoms with Crippen LogP contribution in [0.2, 0.25) is 0 Å². The van der Waals surface area contributed by atoms with Crippen molar-refractivity contribution in [3.63, 3.8) is 0 Å². The van der Waals surface area contributed by atoms with E-state index in [1.807, 2.05) is 31.2 Å². The molecule has 6 nitrogen and oxygen atoms in total. The Balaban J connectivity index is 1.57. The highest BCUT2D eigenvalue weighted by Crippen LogP contribution is 2.22. The van der Waals surface area contributed by atoms with Crippen LogP contribution in [0.4, 0.5) is 0 Å². The minimum absolute atomic E-state index is 0.0553. The predicted molar refractivity (Wildman–Crippen MR) is 117 cm³/mol. The number of benzene rings is 2. The second-order valence-electron chi connectivity index (χ2n) is 6.88. The van der Waals surface area contributed by atoms with E-state index in [0.717, 1.165) is 25.1 Å². The van der Waals surface area contributed by atoms with Crippen LogP contribution in [0.15, 0.2) is 59.5 Å². The van der Waals surface area contributed by atoms with E-state index in [0.29, 0.717) is 6.42 Å². The molecule has 0 spiro atoms. The zero-order valence-electron chi connectivity index (χ0n) is 16.5. The quantitative estimate of drug-likeness (QED) is 0.585. The SMILES string of the molecule is CC(Cc1nc2ccccc2s1)NC(=O)/C=C/c1ccc(S(=O)(=O)N(C)C)cc1. The van der Waals surface area contributed by atoms with Crippen molar-refractivity contribution in [3.8, 4) is 0 Å². The molecular formula is C21H23N3O3S2.